The number of hydrogen-bond acceptors (Lipinski definition) is 3. The lowest BCUT2D eigenvalue weighted by Crippen LogP contribution is -2.42. The van der Waals surface area contributed by atoms with Gasteiger partial charge in [0.1, 0.15) is 5.15 Å². The van der Waals surface area contributed by atoms with E-state index in [4.69, 9.17) is 17.3 Å². The Labute approximate surface area is 95.2 Å². The maximum Gasteiger partial charge on any atom is 0.132 e. The van der Waals surface area contributed by atoms with Crippen molar-refractivity contribution in [1.29, 1.82) is 0 Å². The second-order valence-electron chi connectivity index (χ2n) is 4.15. The summed E-state index contributed by atoms with van der Waals surface area (Å²) in [5.41, 5.74) is 8.10. The van der Waals surface area contributed by atoms with Gasteiger partial charge in [-0.25, -0.2) is 4.98 Å². The average Bonchev–Trinajstić information content (AvgIpc) is 2.22. The highest BCUT2D eigenvalue weighted by molar-refractivity contribution is 6.30. The Morgan fingerprint density at radius 1 is 1.60 bits per heavy atom. The van der Waals surface area contributed by atoms with Gasteiger partial charge in [0.2, 0.25) is 0 Å². The van der Waals surface area contributed by atoms with Crippen LogP contribution in [0.3, 0.4) is 0 Å². The molecule has 2 rings (SSSR count). The number of hydrogen-bond donors (Lipinski definition) is 1. The molecule has 82 valence electrons. The minimum Gasteiger partial charge on any atom is -0.369 e. The zero-order valence-electron chi connectivity index (χ0n) is 8.91. The van der Waals surface area contributed by atoms with Gasteiger partial charge in [0.05, 0.1) is 11.9 Å². The molecule has 0 saturated carbocycles. The van der Waals surface area contributed by atoms with E-state index in [1.165, 1.54) is 0 Å². The van der Waals surface area contributed by atoms with Gasteiger partial charge in [0, 0.05) is 19.1 Å². The summed E-state index contributed by atoms with van der Waals surface area (Å²) < 4.78 is 0. The Hall–Kier alpha value is -0.800. The van der Waals surface area contributed by atoms with Crippen molar-refractivity contribution in [2.75, 3.05) is 18.0 Å². The number of rotatable bonds is 1. The van der Waals surface area contributed by atoms with Crippen LogP contribution in [0, 0.1) is 6.92 Å². The molecule has 2 N–H and O–H groups in total. The second-order valence-corrected chi connectivity index (χ2v) is 4.51. The van der Waals surface area contributed by atoms with Crippen LogP contribution in [-0.2, 0) is 0 Å². The van der Waals surface area contributed by atoms with Crippen LogP contribution in [0.15, 0.2) is 12.3 Å². The molecule has 0 aromatic carbocycles. The normalized spacial score (nSPS) is 21.8. The van der Waals surface area contributed by atoms with Gasteiger partial charge in [-0.2, -0.15) is 0 Å². The topological polar surface area (TPSA) is 42.1 Å². The highest BCUT2D eigenvalue weighted by atomic mass is 35.5. The fraction of sp³-hybridized carbons (Fsp3) is 0.545. The predicted octanol–water partition coefficient (Wildman–Crippen LogP) is 1.97. The quantitative estimate of drug-likeness (QED) is 0.744. The van der Waals surface area contributed by atoms with Crippen LogP contribution >= 0.6 is 11.6 Å². The fourth-order valence-electron chi connectivity index (χ4n) is 1.96. The number of aromatic nitrogens is 1. The molecule has 1 saturated heterocycles. The molecular weight excluding hydrogens is 210 g/mol. The van der Waals surface area contributed by atoms with Gasteiger partial charge >= 0.3 is 0 Å². The van der Waals surface area contributed by atoms with Crippen LogP contribution in [-0.4, -0.2) is 24.1 Å². The Morgan fingerprint density at radius 2 is 2.40 bits per heavy atom. The van der Waals surface area contributed by atoms with Crippen molar-refractivity contribution < 1.29 is 0 Å². The van der Waals surface area contributed by atoms with Crippen LogP contribution in [0.4, 0.5) is 5.69 Å². The number of aryl methyl sites for hydroxylation is 1. The first kappa shape index (κ1) is 10.7. The molecule has 1 aromatic rings. The average molecular weight is 226 g/mol. The van der Waals surface area contributed by atoms with Gasteiger partial charge in [-0.1, -0.05) is 11.6 Å². The summed E-state index contributed by atoms with van der Waals surface area (Å²) in [6.45, 7) is 3.96. The Morgan fingerprint density at radius 3 is 3.07 bits per heavy atom. The van der Waals surface area contributed by atoms with Crippen molar-refractivity contribution in [2.24, 2.45) is 5.73 Å². The second kappa shape index (κ2) is 4.37. The highest BCUT2D eigenvalue weighted by Crippen LogP contribution is 2.22. The molecule has 1 aliphatic rings. The van der Waals surface area contributed by atoms with E-state index in [0.717, 1.165) is 37.2 Å². The molecule has 0 radical (unpaired) electrons. The minimum atomic E-state index is 0.287. The summed E-state index contributed by atoms with van der Waals surface area (Å²) in [7, 11) is 0. The molecule has 0 spiro atoms. The largest absolute Gasteiger partial charge is 0.369 e. The molecule has 3 nitrogen and oxygen atoms in total. The minimum absolute atomic E-state index is 0.287. The smallest absolute Gasteiger partial charge is 0.132 e. The van der Waals surface area contributed by atoms with Crippen LogP contribution < -0.4 is 10.6 Å². The van der Waals surface area contributed by atoms with Gasteiger partial charge in [-0.3, -0.25) is 0 Å². The molecular formula is C11H16ClN3. The molecule has 0 unspecified atom stereocenters. The summed E-state index contributed by atoms with van der Waals surface area (Å²) in [5.74, 6) is 0. The van der Waals surface area contributed by atoms with Crippen LogP contribution in [0.25, 0.3) is 0 Å². The fourth-order valence-corrected chi connectivity index (χ4v) is 2.06. The molecule has 2 heterocycles. The molecule has 1 fully saturated rings. The first-order valence-electron chi connectivity index (χ1n) is 5.29. The van der Waals surface area contributed by atoms with E-state index in [9.17, 15) is 0 Å². The molecule has 4 heteroatoms. The van der Waals surface area contributed by atoms with E-state index in [1.807, 2.05) is 13.1 Å². The highest BCUT2D eigenvalue weighted by Gasteiger charge is 2.17. The Balaban J connectivity index is 2.18. The summed E-state index contributed by atoms with van der Waals surface area (Å²) in [5, 5.41) is 0.583. The first-order valence-corrected chi connectivity index (χ1v) is 5.67. The third-order valence-corrected chi connectivity index (χ3v) is 3.22. The van der Waals surface area contributed by atoms with Crippen molar-refractivity contribution in [3.05, 3.63) is 23.0 Å². The maximum atomic E-state index is 5.94. The number of piperidine rings is 1. The van der Waals surface area contributed by atoms with Crippen molar-refractivity contribution in [2.45, 2.75) is 25.8 Å². The zero-order chi connectivity index (χ0) is 10.8. The number of nitrogens with two attached hydrogens (primary N) is 1. The van der Waals surface area contributed by atoms with Crippen molar-refractivity contribution >= 4 is 17.3 Å². The van der Waals surface area contributed by atoms with Crippen molar-refractivity contribution in [3.63, 3.8) is 0 Å². The third kappa shape index (κ3) is 2.41. The Bertz CT molecular complexity index is 354. The monoisotopic (exact) mass is 225 g/mol. The molecule has 1 atom stereocenters. The van der Waals surface area contributed by atoms with E-state index in [1.54, 1.807) is 0 Å². The van der Waals surface area contributed by atoms with Gasteiger partial charge in [-0.05, 0) is 31.4 Å². The number of pyridine rings is 1. The number of halogens is 1. The molecule has 0 bridgehead atoms. The standard InChI is InChI=1S/C11H16ClN3/c1-8-5-10(6-14-11(8)12)15-4-2-3-9(13)7-15/h5-6,9H,2-4,7,13H2,1H3/t9-/m1/s1. The zero-order valence-corrected chi connectivity index (χ0v) is 9.67. The summed E-state index contributed by atoms with van der Waals surface area (Å²) >= 11 is 5.89. The lowest BCUT2D eigenvalue weighted by atomic mass is 10.1. The van der Waals surface area contributed by atoms with E-state index < -0.39 is 0 Å². The lowest BCUT2D eigenvalue weighted by Gasteiger charge is -2.32. The maximum absolute atomic E-state index is 5.94. The van der Waals surface area contributed by atoms with E-state index in [-0.39, 0.29) is 6.04 Å². The third-order valence-electron chi connectivity index (χ3n) is 2.82. The number of anilines is 1. The molecule has 1 aromatic heterocycles. The van der Waals surface area contributed by atoms with Crippen molar-refractivity contribution in [1.82, 2.24) is 4.98 Å². The van der Waals surface area contributed by atoms with Gasteiger partial charge < -0.3 is 10.6 Å². The molecule has 0 aliphatic carbocycles. The summed E-state index contributed by atoms with van der Waals surface area (Å²) in [4.78, 5) is 6.44. The van der Waals surface area contributed by atoms with Crippen LogP contribution in [0.2, 0.25) is 5.15 Å². The van der Waals surface area contributed by atoms with E-state index >= 15 is 0 Å². The molecule has 0 amide bonds. The van der Waals surface area contributed by atoms with Crippen molar-refractivity contribution in [3.8, 4) is 0 Å². The van der Waals surface area contributed by atoms with Gasteiger partial charge in [-0.15, -0.1) is 0 Å². The Kier molecular flexibility index (Phi) is 3.12. The van der Waals surface area contributed by atoms with Crippen LogP contribution in [0.1, 0.15) is 18.4 Å². The van der Waals surface area contributed by atoms with Crippen LogP contribution in [0.5, 0.6) is 0 Å². The summed E-state index contributed by atoms with van der Waals surface area (Å²) in [6.07, 6.45) is 4.10. The molecule has 1 aliphatic heterocycles. The van der Waals surface area contributed by atoms with Gasteiger partial charge in [0.15, 0.2) is 0 Å². The molecule has 15 heavy (non-hydrogen) atoms. The lowest BCUT2D eigenvalue weighted by molar-refractivity contribution is 0.506. The van der Waals surface area contributed by atoms with E-state index in [2.05, 4.69) is 16.0 Å². The first-order chi connectivity index (χ1) is 7.16. The number of nitrogens with zero attached hydrogens (tertiary/aromatic N) is 2. The van der Waals surface area contributed by atoms with E-state index in [0.29, 0.717) is 5.15 Å². The predicted molar refractivity (Wildman–Crippen MR) is 63.4 cm³/mol. The van der Waals surface area contributed by atoms with Gasteiger partial charge in [0.25, 0.3) is 0 Å². The SMILES string of the molecule is Cc1cc(N2CCC[C@@H](N)C2)cnc1Cl. The summed E-state index contributed by atoms with van der Waals surface area (Å²) in [6, 6.07) is 2.36.